The number of nitrogens with zero attached hydrogens (tertiary/aromatic N) is 3. The molecule has 1 aliphatic heterocycles. The Morgan fingerprint density at radius 2 is 1.74 bits per heavy atom. The van der Waals surface area contributed by atoms with Crippen molar-refractivity contribution in [2.24, 2.45) is 4.99 Å². The molecule has 0 saturated carbocycles. The number of anilines is 1. The summed E-state index contributed by atoms with van der Waals surface area (Å²) in [5.74, 6) is -2.09. The van der Waals surface area contributed by atoms with E-state index in [2.05, 4.69) is 9.73 Å². The maximum atomic E-state index is 14.1. The lowest BCUT2D eigenvalue weighted by Crippen LogP contribution is -2.53. The Kier molecular flexibility index (Phi) is 7.84. The van der Waals surface area contributed by atoms with Gasteiger partial charge < -0.3 is 9.84 Å². The first-order valence-corrected chi connectivity index (χ1v) is 10.8. The van der Waals surface area contributed by atoms with Crippen LogP contribution in [0.2, 0.25) is 0 Å². The second-order valence-electron chi connectivity index (χ2n) is 7.40. The van der Waals surface area contributed by atoms with Crippen molar-refractivity contribution in [1.82, 2.24) is 4.90 Å². The fraction of sp³-hybridized carbons (Fsp3) is 0.333. The minimum Gasteiger partial charge on any atom is -0.481 e. The Morgan fingerprint density at radius 3 is 2.31 bits per heavy atom. The van der Waals surface area contributed by atoms with E-state index in [4.69, 9.17) is 0 Å². The highest BCUT2D eigenvalue weighted by Crippen LogP contribution is 2.32. The van der Waals surface area contributed by atoms with Gasteiger partial charge in [0.15, 0.2) is 29.6 Å². The Hall–Kier alpha value is -3.00. The zero-order valence-corrected chi connectivity index (χ0v) is 18.7. The number of aliphatic imine (C=N–C) groups is 1. The highest BCUT2D eigenvalue weighted by Gasteiger charge is 2.40. The highest BCUT2D eigenvalue weighted by atomic mass is 32.2. The predicted molar refractivity (Wildman–Crippen MR) is 115 cm³/mol. The summed E-state index contributed by atoms with van der Waals surface area (Å²) >= 11 is 0.742. The molecule has 2 aromatic carbocycles. The molecule has 0 aliphatic carbocycles. The lowest BCUT2D eigenvalue weighted by Gasteiger charge is -2.36. The van der Waals surface area contributed by atoms with E-state index < -0.39 is 54.5 Å². The number of amides is 2. The molecule has 1 saturated heterocycles. The third kappa shape index (κ3) is 7.24. The molecule has 1 fully saturated rings. The molecular weight excluding hydrogens is 507 g/mol. The highest BCUT2D eigenvalue weighted by molar-refractivity contribution is 8.14. The Bertz CT molecular complexity index is 1090. The molecule has 6 nitrogen and oxygen atoms in total. The smallest absolute Gasteiger partial charge is 0.422 e. The summed E-state index contributed by atoms with van der Waals surface area (Å²) in [5, 5.41) is 9.88. The van der Waals surface area contributed by atoms with E-state index in [1.54, 1.807) is 31.2 Å². The monoisotopic (exact) mass is 525 g/mol. The van der Waals surface area contributed by atoms with Crippen molar-refractivity contribution in [1.29, 1.82) is 0 Å². The van der Waals surface area contributed by atoms with Crippen molar-refractivity contribution in [2.75, 3.05) is 23.9 Å². The number of halogens is 7. The molecule has 1 aliphatic rings. The minimum atomic E-state index is -4.79. The molecule has 1 N–H and O–H groups in total. The summed E-state index contributed by atoms with van der Waals surface area (Å²) in [7, 11) is 0. The summed E-state index contributed by atoms with van der Waals surface area (Å²) in [4.78, 5) is 18.1. The molecule has 35 heavy (non-hydrogen) atoms. The normalized spacial score (nSPS) is 17.2. The summed E-state index contributed by atoms with van der Waals surface area (Å²) in [5.41, 5.74) is 0.970. The molecular formula is C21H18F7N3O3S. The number of rotatable bonds is 6. The van der Waals surface area contributed by atoms with Gasteiger partial charge >= 0.3 is 18.4 Å². The summed E-state index contributed by atoms with van der Waals surface area (Å²) in [6.45, 7) is -1.63. The average molecular weight is 525 g/mol. The van der Waals surface area contributed by atoms with Gasteiger partial charge in [0.05, 0.1) is 5.88 Å². The van der Waals surface area contributed by atoms with Crippen LogP contribution in [0.15, 0.2) is 47.5 Å². The lowest BCUT2D eigenvalue weighted by molar-refractivity contribution is -0.153. The number of carbonyl (C=O) groups excluding carboxylic acids is 1. The molecule has 2 amide bonds. The van der Waals surface area contributed by atoms with Gasteiger partial charge in [0.25, 0.3) is 0 Å². The number of aliphatic hydroxyl groups is 1. The molecule has 3 rings (SSSR count). The van der Waals surface area contributed by atoms with Gasteiger partial charge in [0.1, 0.15) is 6.54 Å². The van der Waals surface area contributed by atoms with Crippen LogP contribution in [0.4, 0.5) is 41.2 Å². The summed E-state index contributed by atoms with van der Waals surface area (Å²) in [6, 6.07) is 7.96. The third-order valence-corrected chi connectivity index (χ3v) is 5.55. The second-order valence-corrected chi connectivity index (χ2v) is 8.31. The van der Waals surface area contributed by atoms with E-state index in [-0.39, 0.29) is 11.4 Å². The quantitative estimate of drug-likeness (QED) is 0.498. The number of hydrogen-bond donors (Lipinski definition) is 1. The number of hydrogen-bond acceptors (Lipinski definition) is 5. The molecule has 14 heteroatoms. The van der Waals surface area contributed by atoms with Crippen LogP contribution in [-0.2, 0) is 0 Å². The molecule has 0 aromatic heterocycles. The number of urea groups is 1. The molecule has 190 valence electrons. The maximum absolute atomic E-state index is 14.1. The van der Waals surface area contributed by atoms with Crippen LogP contribution >= 0.6 is 11.8 Å². The van der Waals surface area contributed by atoms with Crippen molar-refractivity contribution in [2.45, 2.75) is 25.5 Å². The van der Waals surface area contributed by atoms with E-state index >= 15 is 0 Å². The van der Waals surface area contributed by atoms with E-state index in [9.17, 15) is 40.6 Å². The molecule has 1 heterocycles. The molecule has 0 spiro atoms. The van der Waals surface area contributed by atoms with E-state index in [1.807, 2.05) is 0 Å². The fourth-order valence-corrected chi connectivity index (χ4v) is 3.92. The van der Waals surface area contributed by atoms with Crippen molar-refractivity contribution in [3.05, 3.63) is 59.4 Å². The predicted octanol–water partition coefficient (Wildman–Crippen LogP) is 5.62. The number of carbonyl (C=O) groups is 1. The molecule has 0 bridgehead atoms. The van der Waals surface area contributed by atoms with Crippen LogP contribution in [0.5, 0.6) is 5.75 Å². The van der Waals surface area contributed by atoms with Crippen LogP contribution in [0, 0.1) is 12.7 Å². The fourth-order valence-electron chi connectivity index (χ4n) is 2.95. The summed E-state index contributed by atoms with van der Waals surface area (Å²) < 4.78 is 94.8. The first-order chi connectivity index (χ1) is 16.2. The van der Waals surface area contributed by atoms with Gasteiger partial charge in [-0.1, -0.05) is 35.5 Å². The largest absolute Gasteiger partial charge is 0.481 e. The number of aryl methyl sites for hydroxylation is 1. The number of aliphatic hydroxyl groups excluding tert-OH is 1. The van der Waals surface area contributed by atoms with E-state index in [0.29, 0.717) is 16.7 Å². The SMILES string of the molecule is Cc1ccc(N2CSC(=NC(O)c3ccc(OCC(F)(F)F)c(F)c3)N(CC(F)(F)F)C2=O)cc1. The molecule has 0 radical (unpaired) electrons. The van der Waals surface area contributed by atoms with Crippen molar-refractivity contribution in [3.8, 4) is 5.75 Å². The van der Waals surface area contributed by atoms with Gasteiger partial charge in [-0.15, -0.1) is 0 Å². The standard InChI is InChI=1S/C21H18F7N3O3S/c1-12-2-5-14(6-3-12)31-11-35-18(30(19(31)33)9-20(23,24)25)29-17(32)13-4-7-16(15(22)8-13)34-10-21(26,27)28/h2-8,17,32H,9-11H2,1H3. The van der Waals surface area contributed by atoms with Gasteiger partial charge in [-0.25, -0.2) is 14.2 Å². The second kappa shape index (κ2) is 10.3. The van der Waals surface area contributed by atoms with Crippen LogP contribution in [0.3, 0.4) is 0 Å². The first kappa shape index (κ1) is 26.6. The number of amidine groups is 1. The lowest BCUT2D eigenvalue weighted by atomic mass is 10.2. The average Bonchev–Trinajstić information content (AvgIpc) is 2.75. The van der Waals surface area contributed by atoms with E-state index in [1.165, 1.54) is 0 Å². The first-order valence-electron chi connectivity index (χ1n) is 9.83. The zero-order valence-electron chi connectivity index (χ0n) is 17.9. The number of benzene rings is 2. The maximum Gasteiger partial charge on any atom is 0.422 e. The van der Waals surface area contributed by atoms with Gasteiger partial charge in [-0.2, -0.15) is 26.3 Å². The van der Waals surface area contributed by atoms with Crippen LogP contribution < -0.4 is 9.64 Å². The number of alkyl halides is 6. The Balaban J connectivity index is 1.84. The van der Waals surface area contributed by atoms with Crippen LogP contribution in [0.1, 0.15) is 17.4 Å². The Labute approximate surface area is 199 Å². The third-order valence-electron chi connectivity index (χ3n) is 4.58. The minimum absolute atomic E-state index is 0.111. The molecule has 1 unspecified atom stereocenters. The van der Waals surface area contributed by atoms with Gasteiger partial charge in [-0.3, -0.25) is 9.80 Å². The van der Waals surface area contributed by atoms with Crippen LogP contribution in [-0.4, -0.2) is 52.6 Å². The zero-order chi connectivity index (χ0) is 26.0. The van der Waals surface area contributed by atoms with Crippen molar-refractivity contribution < 1.29 is 45.4 Å². The van der Waals surface area contributed by atoms with Gasteiger partial charge in [-0.05, 0) is 31.2 Å². The van der Waals surface area contributed by atoms with E-state index in [0.717, 1.165) is 34.4 Å². The van der Waals surface area contributed by atoms with Gasteiger partial charge in [0.2, 0.25) is 0 Å². The Morgan fingerprint density at radius 1 is 1.09 bits per heavy atom. The van der Waals surface area contributed by atoms with Crippen molar-refractivity contribution >= 4 is 28.6 Å². The van der Waals surface area contributed by atoms with Gasteiger partial charge in [0, 0.05) is 11.3 Å². The number of ether oxygens (including phenoxy) is 1. The number of thioether (sulfide) groups is 1. The molecule has 2 aromatic rings. The topological polar surface area (TPSA) is 65.4 Å². The summed E-state index contributed by atoms with van der Waals surface area (Å²) in [6.07, 6.45) is -11.4. The van der Waals surface area contributed by atoms with Crippen LogP contribution in [0.25, 0.3) is 0 Å². The van der Waals surface area contributed by atoms with Crippen molar-refractivity contribution in [3.63, 3.8) is 0 Å². The molecule has 1 atom stereocenters.